The standard InChI is InChI=1S/C14H23N5/c1-11(9-15)18-5-7-19(8-6-18)14-12-3-2-4-13(12)16-10-17-14/h10-11H,2-9,15H2,1H3. The van der Waals surface area contributed by atoms with Crippen LogP contribution < -0.4 is 10.6 Å². The van der Waals surface area contributed by atoms with Gasteiger partial charge in [0.15, 0.2) is 0 Å². The SMILES string of the molecule is CC(CN)N1CCN(c2ncnc3c2CCC3)CC1. The van der Waals surface area contributed by atoms with Crippen molar-refractivity contribution in [2.75, 3.05) is 37.6 Å². The minimum absolute atomic E-state index is 0.485. The molecule has 0 spiro atoms. The Labute approximate surface area is 114 Å². The van der Waals surface area contributed by atoms with Gasteiger partial charge in [-0.1, -0.05) is 0 Å². The quantitative estimate of drug-likeness (QED) is 0.855. The molecule has 104 valence electrons. The minimum Gasteiger partial charge on any atom is -0.354 e. The molecule has 1 aliphatic heterocycles. The number of piperazine rings is 1. The normalized spacial score (nSPS) is 21.5. The van der Waals surface area contributed by atoms with Gasteiger partial charge in [-0.15, -0.1) is 0 Å². The highest BCUT2D eigenvalue weighted by Crippen LogP contribution is 2.28. The first-order chi connectivity index (χ1) is 9.29. The molecule has 1 fully saturated rings. The summed E-state index contributed by atoms with van der Waals surface area (Å²) in [6.07, 6.45) is 5.22. The van der Waals surface area contributed by atoms with Gasteiger partial charge in [-0.25, -0.2) is 9.97 Å². The van der Waals surface area contributed by atoms with Crippen molar-refractivity contribution in [2.45, 2.75) is 32.2 Å². The van der Waals surface area contributed by atoms with Gasteiger partial charge in [-0.2, -0.15) is 0 Å². The number of rotatable bonds is 3. The lowest BCUT2D eigenvalue weighted by Gasteiger charge is -2.38. The monoisotopic (exact) mass is 261 g/mol. The van der Waals surface area contributed by atoms with Crippen LogP contribution in [0.15, 0.2) is 6.33 Å². The van der Waals surface area contributed by atoms with E-state index in [2.05, 4.69) is 26.7 Å². The highest BCUT2D eigenvalue weighted by Gasteiger charge is 2.25. The minimum atomic E-state index is 0.485. The first kappa shape index (κ1) is 12.8. The Bertz CT molecular complexity index is 439. The molecule has 1 aromatic heterocycles. The molecule has 1 aromatic rings. The average Bonchev–Trinajstić information content (AvgIpc) is 2.95. The predicted molar refractivity (Wildman–Crippen MR) is 76.4 cm³/mol. The summed E-state index contributed by atoms with van der Waals surface area (Å²) in [5.74, 6) is 1.18. The molecule has 0 bridgehead atoms. The zero-order valence-corrected chi connectivity index (χ0v) is 11.7. The fourth-order valence-electron chi connectivity index (χ4n) is 3.14. The molecule has 5 nitrogen and oxygen atoms in total. The summed E-state index contributed by atoms with van der Waals surface area (Å²) in [6, 6.07) is 0.485. The van der Waals surface area contributed by atoms with Crippen LogP contribution in [-0.2, 0) is 12.8 Å². The largest absolute Gasteiger partial charge is 0.354 e. The molecule has 0 aromatic carbocycles. The third-order valence-electron chi connectivity index (χ3n) is 4.43. The van der Waals surface area contributed by atoms with Gasteiger partial charge < -0.3 is 10.6 Å². The van der Waals surface area contributed by atoms with Gasteiger partial charge in [0.25, 0.3) is 0 Å². The van der Waals surface area contributed by atoms with Crippen molar-refractivity contribution in [1.29, 1.82) is 0 Å². The molecule has 5 heteroatoms. The van der Waals surface area contributed by atoms with E-state index in [1.54, 1.807) is 6.33 Å². The number of hydrogen-bond donors (Lipinski definition) is 1. The first-order valence-electron chi connectivity index (χ1n) is 7.31. The van der Waals surface area contributed by atoms with Crippen LogP contribution in [0.2, 0.25) is 0 Å². The van der Waals surface area contributed by atoms with Crippen LogP contribution in [0.4, 0.5) is 5.82 Å². The van der Waals surface area contributed by atoms with Gasteiger partial charge in [0.1, 0.15) is 12.1 Å². The highest BCUT2D eigenvalue weighted by atomic mass is 15.3. The Morgan fingerprint density at radius 1 is 1.21 bits per heavy atom. The van der Waals surface area contributed by atoms with E-state index in [4.69, 9.17) is 5.73 Å². The van der Waals surface area contributed by atoms with Gasteiger partial charge in [0.2, 0.25) is 0 Å². The fraction of sp³-hybridized carbons (Fsp3) is 0.714. The molecule has 0 amide bonds. The second-order valence-electron chi connectivity index (χ2n) is 5.58. The molecule has 3 rings (SSSR count). The molecule has 19 heavy (non-hydrogen) atoms. The molecule has 1 aliphatic carbocycles. The molecule has 2 N–H and O–H groups in total. The van der Waals surface area contributed by atoms with Crippen molar-refractivity contribution in [1.82, 2.24) is 14.9 Å². The summed E-state index contributed by atoms with van der Waals surface area (Å²) in [4.78, 5) is 13.8. The Morgan fingerprint density at radius 3 is 2.74 bits per heavy atom. The second kappa shape index (κ2) is 5.43. The zero-order chi connectivity index (χ0) is 13.2. The van der Waals surface area contributed by atoms with E-state index in [-0.39, 0.29) is 0 Å². The van der Waals surface area contributed by atoms with E-state index >= 15 is 0 Å². The molecule has 0 saturated carbocycles. The number of nitrogens with two attached hydrogens (primary N) is 1. The lowest BCUT2D eigenvalue weighted by Crippen LogP contribution is -2.51. The van der Waals surface area contributed by atoms with Crippen molar-refractivity contribution in [3.63, 3.8) is 0 Å². The summed E-state index contributed by atoms with van der Waals surface area (Å²) in [6.45, 7) is 7.21. The number of aromatic nitrogens is 2. The maximum atomic E-state index is 5.75. The van der Waals surface area contributed by atoms with E-state index < -0.39 is 0 Å². The van der Waals surface area contributed by atoms with E-state index in [1.807, 2.05) is 0 Å². The summed E-state index contributed by atoms with van der Waals surface area (Å²) >= 11 is 0. The predicted octanol–water partition coefficient (Wildman–Crippen LogP) is 0.435. The third-order valence-corrected chi connectivity index (χ3v) is 4.43. The molecule has 0 radical (unpaired) electrons. The molecular formula is C14H23N5. The molecular weight excluding hydrogens is 238 g/mol. The van der Waals surface area contributed by atoms with Gasteiger partial charge in [-0.05, 0) is 26.2 Å². The lowest BCUT2D eigenvalue weighted by molar-refractivity contribution is 0.201. The Hall–Kier alpha value is -1.20. The second-order valence-corrected chi connectivity index (χ2v) is 5.58. The van der Waals surface area contributed by atoms with Gasteiger partial charge in [-0.3, -0.25) is 4.90 Å². The van der Waals surface area contributed by atoms with Gasteiger partial charge >= 0.3 is 0 Å². The molecule has 1 atom stereocenters. The van der Waals surface area contributed by atoms with Crippen molar-refractivity contribution < 1.29 is 0 Å². The Kier molecular flexibility index (Phi) is 3.66. The summed E-state index contributed by atoms with van der Waals surface area (Å²) in [7, 11) is 0. The zero-order valence-electron chi connectivity index (χ0n) is 11.7. The summed E-state index contributed by atoms with van der Waals surface area (Å²) < 4.78 is 0. The molecule has 1 unspecified atom stereocenters. The topological polar surface area (TPSA) is 58.3 Å². The first-order valence-corrected chi connectivity index (χ1v) is 7.31. The average molecular weight is 261 g/mol. The van der Waals surface area contributed by atoms with Gasteiger partial charge in [0, 0.05) is 50.0 Å². The maximum Gasteiger partial charge on any atom is 0.135 e. The van der Waals surface area contributed by atoms with Crippen LogP contribution in [0.5, 0.6) is 0 Å². The molecule has 1 saturated heterocycles. The molecule has 2 aliphatic rings. The third kappa shape index (κ3) is 2.44. The smallest absolute Gasteiger partial charge is 0.135 e. The maximum absolute atomic E-state index is 5.75. The number of anilines is 1. The fourth-order valence-corrected chi connectivity index (χ4v) is 3.14. The van der Waals surface area contributed by atoms with E-state index in [1.165, 1.54) is 23.5 Å². The van der Waals surface area contributed by atoms with E-state index in [9.17, 15) is 0 Å². The van der Waals surface area contributed by atoms with E-state index in [0.29, 0.717) is 6.04 Å². The Morgan fingerprint density at radius 2 is 2.00 bits per heavy atom. The van der Waals surface area contributed by atoms with Crippen molar-refractivity contribution in [3.05, 3.63) is 17.6 Å². The summed E-state index contributed by atoms with van der Waals surface area (Å²) in [5.41, 5.74) is 8.40. The number of aryl methyl sites for hydroxylation is 1. The van der Waals surface area contributed by atoms with Crippen LogP contribution >= 0.6 is 0 Å². The van der Waals surface area contributed by atoms with Crippen LogP contribution in [-0.4, -0.2) is 53.6 Å². The van der Waals surface area contributed by atoms with Crippen molar-refractivity contribution in [3.8, 4) is 0 Å². The van der Waals surface area contributed by atoms with Crippen LogP contribution in [0.1, 0.15) is 24.6 Å². The Balaban J connectivity index is 1.71. The van der Waals surface area contributed by atoms with Gasteiger partial charge in [0.05, 0.1) is 0 Å². The van der Waals surface area contributed by atoms with Crippen LogP contribution in [0.3, 0.4) is 0 Å². The number of nitrogens with zero attached hydrogens (tertiary/aromatic N) is 4. The highest BCUT2D eigenvalue weighted by molar-refractivity contribution is 5.50. The van der Waals surface area contributed by atoms with Crippen LogP contribution in [0, 0.1) is 0 Å². The van der Waals surface area contributed by atoms with Crippen molar-refractivity contribution in [2.24, 2.45) is 5.73 Å². The van der Waals surface area contributed by atoms with Crippen molar-refractivity contribution >= 4 is 5.82 Å². The lowest BCUT2D eigenvalue weighted by atomic mass is 10.2. The number of fused-ring (bicyclic) bond motifs is 1. The molecule has 2 heterocycles. The summed E-state index contributed by atoms with van der Waals surface area (Å²) in [5, 5.41) is 0. The van der Waals surface area contributed by atoms with Crippen LogP contribution in [0.25, 0.3) is 0 Å². The van der Waals surface area contributed by atoms with E-state index in [0.717, 1.165) is 45.6 Å². The number of hydrogen-bond acceptors (Lipinski definition) is 5.